The van der Waals surface area contributed by atoms with Gasteiger partial charge in [-0.1, -0.05) is 24.3 Å². The second-order valence-corrected chi connectivity index (χ2v) is 6.45. The van der Waals surface area contributed by atoms with E-state index in [0.29, 0.717) is 5.56 Å². The van der Waals surface area contributed by atoms with Gasteiger partial charge in [-0.2, -0.15) is 0 Å². The fourth-order valence-corrected chi connectivity index (χ4v) is 3.00. The fraction of sp³-hybridized carbons (Fsp3) is 0.333. The maximum atomic E-state index is 12.3. The number of ketones is 1. The molecule has 1 amide bonds. The molecule has 3 rings (SSSR count). The summed E-state index contributed by atoms with van der Waals surface area (Å²) in [5.74, 6) is -0.228. The Balaban J connectivity index is 1.51. The molecular weight excluding hydrogens is 328 g/mol. The van der Waals surface area contributed by atoms with Crippen LogP contribution < -0.4 is 10.2 Å². The van der Waals surface area contributed by atoms with E-state index >= 15 is 0 Å². The summed E-state index contributed by atoms with van der Waals surface area (Å²) < 4.78 is 5.35. The van der Waals surface area contributed by atoms with Crippen molar-refractivity contribution in [3.05, 3.63) is 65.2 Å². The van der Waals surface area contributed by atoms with E-state index in [-0.39, 0.29) is 24.7 Å². The number of nitrogens with zero attached hydrogens (tertiary/aromatic N) is 1. The minimum absolute atomic E-state index is 0.0155. The van der Waals surface area contributed by atoms with Gasteiger partial charge in [-0.15, -0.1) is 0 Å². The molecule has 0 atom stereocenters. The van der Waals surface area contributed by atoms with Crippen molar-refractivity contribution in [2.75, 3.05) is 37.7 Å². The number of aryl methyl sites for hydroxylation is 1. The van der Waals surface area contributed by atoms with Gasteiger partial charge in [0.1, 0.15) is 0 Å². The molecule has 5 nitrogen and oxygen atoms in total. The molecule has 2 aromatic rings. The number of Topliss-reactive ketones (excluding diaryl/α,β-unsaturated/α-hetero) is 1. The molecule has 1 aliphatic rings. The predicted molar refractivity (Wildman–Crippen MR) is 102 cm³/mol. The molecule has 1 N–H and O–H groups in total. The van der Waals surface area contributed by atoms with Gasteiger partial charge in [-0.25, -0.2) is 0 Å². The van der Waals surface area contributed by atoms with Gasteiger partial charge in [0.25, 0.3) is 0 Å². The van der Waals surface area contributed by atoms with Crippen LogP contribution in [0.5, 0.6) is 0 Å². The molecule has 1 saturated heterocycles. The van der Waals surface area contributed by atoms with Gasteiger partial charge in [0.2, 0.25) is 5.91 Å². The standard InChI is InChI=1S/C21H24N2O3/c1-16-4-2-3-5-18(16)14-21(25)22-15-20(24)17-6-8-19(9-7-17)23-10-12-26-13-11-23/h2-9H,10-15H2,1H3,(H,22,25). The molecule has 5 heteroatoms. The molecule has 0 spiro atoms. The van der Waals surface area contributed by atoms with Gasteiger partial charge < -0.3 is 15.0 Å². The Kier molecular flexibility index (Phi) is 6.02. The van der Waals surface area contributed by atoms with E-state index in [9.17, 15) is 9.59 Å². The van der Waals surface area contributed by atoms with Gasteiger partial charge in [0.15, 0.2) is 5.78 Å². The number of morpholine rings is 1. The predicted octanol–water partition coefficient (Wildman–Crippen LogP) is 2.37. The molecule has 136 valence electrons. The number of ether oxygens (including phenoxy) is 1. The largest absolute Gasteiger partial charge is 0.378 e. The SMILES string of the molecule is Cc1ccccc1CC(=O)NCC(=O)c1ccc(N2CCOCC2)cc1. The molecule has 0 unspecified atom stereocenters. The summed E-state index contributed by atoms with van der Waals surface area (Å²) in [6, 6.07) is 15.3. The van der Waals surface area contributed by atoms with Crippen LogP contribution in [0.2, 0.25) is 0 Å². The first-order valence-electron chi connectivity index (χ1n) is 8.90. The minimum atomic E-state index is -0.141. The molecule has 2 aromatic carbocycles. The number of carbonyl (C=O) groups is 2. The van der Waals surface area contributed by atoms with Crippen molar-refractivity contribution in [3.8, 4) is 0 Å². The number of hydrogen-bond acceptors (Lipinski definition) is 4. The second-order valence-electron chi connectivity index (χ2n) is 6.45. The highest BCUT2D eigenvalue weighted by Gasteiger charge is 2.13. The quantitative estimate of drug-likeness (QED) is 0.811. The van der Waals surface area contributed by atoms with Crippen LogP contribution in [0.25, 0.3) is 0 Å². The number of nitrogens with one attached hydrogen (secondary N) is 1. The van der Waals surface area contributed by atoms with Crippen LogP contribution in [0, 0.1) is 6.92 Å². The molecule has 26 heavy (non-hydrogen) atoms. The van der Waals surface area contributed by atoms with E-state index in [1.807, 2.05) is 55.5 Å². The van der Waals surface area contributed by atoms with Crippen molar-refractivity contribution >= 4 is 17.4 Å². The summed E-state index contributed by atoms with van der Waals surface area (Å²) in [5.41, 5.74) is 3.76. The maximum absolute atomic E-state index is 12.3. The summed E-state index contributed by atoms with van der Waals surface area (Å²) in [6.45, 7) is 5.18. The van der Waals surface area contributed by atoms with Crippen LogP contribution in [-0.4, -0.2) is 44.5 Å². The third-order valence-electron chi connectivity index (χ3n) is 4.62. The Labute approximate surface area is 154 Å². The maximum Gasteiger partial charge on any atom is 0.224 e. The molecule has 1 heterocycles. The summed E-state index contributed by atoms with van der Waals surface area (Å²) in [4.78, 5) is 26.6. The highest BCUT2D eigenvalue weighted by molar-refractivity contribution is 5.99. The Morgan fingerprint density at radius 1 is 1.04 bits per heavy atom. The fourth-order valence-electron chi connectivity index (χ4n) is 3.00. The van der Waals surface area contributed by atoms with Crippen molar-refractivity contribution in [1.82, 2.24) is 5.32 Å². The minimum Gasteiger partial charge on any atom is -0.378 e. The van der Waals surface area contributed by atoms with E-state index in [4.69, 9.17) is 4.74 Å². The molecule has 1 aliphatic heterocycles. The summed E-state index contributed by atoms with van der Waals surface area (Å²) >= 11 is 0. The topological polar surface area (TPSA) is 58.6 Å². The number of amides is 1. The molecule has 0 aliphatic carbocycles. The van der Waals surface area contributed by atoms with Crippen LogP contribution in [0.15, 0.2) is 48.5 Å². The van der Waals surface area contributed by atoms with Gasteiger partial charge in [-0.05, 0) is 42.3 Å². The molecule has 0 aromatic heterocycles. The van der Waals surface area contributed by atoms with Crippen LogP contribution in [0.1, 0.15) is 21.5 Å². The van der Waals surface area contributed by atoms with Crippen molar-refractivity contribution in [2.24, 2.45) is 0 Å². The first-order valence-corrected chi connectivity index (χ1v) is 8.90. The zero-order valence-electron chi connectivity index (χ0n) is 15.0. The van der Waals surface area contributed by atoms with E-state index in [1.54, 1.807) is 0 Å². The Bertz CT molecular complexity index is 765. The van der Waals surface area contributed by atoms with Crippen molar-refractivity contribution < 1.29 is 14.3 Å². The molecule has 0 radical (unpaired) electrons. The number of benzene rings is 2. The molecular formula is C21H24N2O3. The third-order valence-corrected chi connectivity index (χ3v) is 4.62. The third kappa shape index (κ3) is 4.70. The number of anilines is 1. The number of rotatable bonds is 6. The summed E-state index contributed by atoms with van der Waals surface area (Å²) in [6.07, 6.45) is 0.288. The lowest BCUT2D eigenvalue weighted by molar-refractivity contribution is -0.120. The highest BCUT2D eigenvalue weighted by atomic mass is 16.5. The van der Waals surface area contributed by atoms with E-state index in [1.165, 1.54) is 0 Å². The van der Waals surface area contributed by atoms with Gasteiger partial charge in [0, 0.05) is 24.3 Å². The Morgan fingerprint density at radius 2 is 1.73 bits per heavy atom. The van der Waals surface area contributed by atoms with Crippen LogP contribution in [0.4, 0.5) is 5.69 Å². The average Bonchev–Trinajstić information content (AvgIpc) is 2.69. The number of carbonyl (C=O) groups excluding carboxylic acids is 2. The molecule has 0 saturated carbocycles. The monoisotopic (exact) mass is 352 g/mol. The second kappa shape index (κ2) is 8.63. The Hall–Kier alpha value is -2.66. The van der Waals surface area contributed by atoms with Crippen molar-refractivity contribution in [1.29, 1.82) is 0 Å². The van der Waals surface area contributed by atoms with E-state index in [0.717, 1.165) is 43.1 Å². The van der Waals surface area contributed by atoms with E-state index in [2.05, 4.69) is 10.2 Å². The first kappa shape index (κ1) is 18.1. The summed E-state index contributed by atoms with van der Waals surface area (Å²) in [5, 5.41) is 2.72. The van der Waals surface area contributed by atoms with Crippen LogP contribution >= 0.6 is 0 Å². The highest BCUT2D eigenvalue weighted by Crippen LogP contribution is 2.17. The van der Waals surface area contributed by atoms with Crippen LogP contribution in [0.3, 0.4) is 0 Å². The Morgan fingerprint density at radius 3 is 2.42 bits per heavy atom. The van der Waals surface area contributed by atoms with Gasteiger partial charge >= 0.3 is 0 Å². The zero-order chi connectivity index (χ0) is 18.4. The van der Waals surface area contributed by atoms with Gasteiger partial charge in [0.05, 0.1) is 26.2 Å². The average molecular weight is 352 g/mol. The zero-order valence-corrected chi connectivity index (χ0v) is 15.0. The van der Waals surface area contributed by atoms with Crippen LogP contribution in [-0.2, 0) is 16.0 Å². The first-order chi connectivity index (χ1) is 12.6. The molecule has 1 fully saturated rings. The lowest BCUT2D eigenvalue weighted by Crippen LogP contribution is -2.36. The smallest absolute Gasteiger partial charge is 0.224 e. The van der Waals surface area contributed by atoms with E-state index < -0.39 is 0 Å². The number of hydrogen-bond donors (Lipinski definition) is 1. The van der Waals surface area contributed by atoms with Crippen molar-refractivity contribution in [2.45, 2.75) is 13.3 Å². The molecule has 0 bridgehead atoms. The summed E-state index contributed by atoms with van der Waals surface area (Å²) in [7, 11) is 0. The van der Waals surface area contributed by atoms with Crippen molar-refractivity contribution in [3.63, 3.8) is 0 Å². The lowest BCUT2D eigenvalue weighted by Gasteiger charge is -2.28. The lowest BCUT2D eigenvalue weighted by atomic mass is 10.1. The normalized spacial score (nSPS) is 14.1. The van der Waals surface area contributed by atoms with Gasteiger partial charge in [-0.3, -0.25) is 9.59 Å².